The average Bonchev–Trinajstić information content (AvgIpc) is 2.33. The van der Waals surface area contributed by atoms with E-state index in [1.54, 1.807) is 6.92 Å². The van der Waals surface area contributed by atoms with Crippen LogP contribution in [-0.2, 0) is 0 Å². The minimum Gasteiger partial charge on any atom is -0.333 e. The third-order valence-corrected chi connectivity index (χ3v) is 2.47. The summed E-state index contributed by atoms with van der Waals surface area (Å²) in [7, 11) is 0. The van der Waals surface area contributed by atoms with Crippen molar-refractivity contribution in [1.82, 2.24) is 9.66 Å². The van der Waals surface area contributed by atoms with Gasteiger partial charge in [0.05, 0.1) is 0 Å². The highest BCUT2D eigenvalue weighted by Gasteiger charge is 2.04. The second-order valence-corrected chi connectivity index (χ2v) is 3.93. The highest BCUT2D eigenvalue weighted by Crippen LogP contribution is 2.13. The number of benzene rings is 1. The molecule has 5 nitrogen and oxygen atoms in total. The summed E-state index contributed by atoms with van der Waals surface area (Å²) < 4.78 is 1.01. The molecule has 0 amide bonds. The van der Waals surface area contributed by atoms with Gasteiger partial charge in [-0.25, -0.2) is 4.98 Å². The van der Waals surface area contributed by atoms with Crippen molar-refractivity contribution in [3.05, 3.63) is 51.9 Å². The number of nitrogens with one attached hydrogen (secondary N) is 1. The topological polar surface area (TPSA) is 72.9 Å². The van der Waals surface area contributed by atoms with Gasteiger partial charge >= 0.3 is 0 Å². The van der Waals surface area contributed by atoms with Crippen LogP contribution < -0.4 is 16.7 Å². The minimum absolute atomic E-state index is 0.255. The van der Waals surface area contributed by atoms with Crippen molar-refractivity contribution in [2.45, 2.75) is 13.8 Å². The average molecular weight is 230 g/mol. The van der Waals surface area contributed by atoms with Gasteiger partial charge in [-0.15, -0.1) is 0 Å². The van der Waals surface area contributed by atoms with Crippen LogP contribution in [0, 0.1) is 13.8 Å². The maximum atomic E-state index is 11.6. The molecule has 0 atom stereocenters. The van der Waals surface area contributed by atoms with Gasteiger partial charge in [0, 0.05) is 17.4 Å². The van der Waals surface area contributed by atoms with Crippen LogP contribution in [0.2, 0.25) is 0 Å². The van der Waals surface area contributed by atoms with E-state index in [0.29, 0.717) is 11.5 Å². The van der Waals surface area contributed by atoms with E-state index in [1.807, 2.05) is 31.2 Å². The molecule has 88 valence electrons. The molecule has 17 heavy (non-hydrogen) atoms. The van der Waals surface area contributed by atoms with Crippen LogP contribution in [-0.4, -0.2) is 9.66 Å². The molecule has 0 bridgehead atoms. The molecule has 0 aliphatic carbocycles. The molecule has 0 saturated carbocycles. The minimum atomic E-state index is -0.255. The smallest absolute Gasteiger partial charge is 0.276 e. The van der Waals surface area contributed by atoms with Gasteiger partial charge in [-0.2, -0.15) is 4.68 Å². The fraction of sp³-hybridized carbons (Fsp3) is 0.167. The summed E-state index contributed by atoms with van der Waals surface area (Å²) in [5, 5.41) is 2.99. The molecule has 1 heterocycles. The van der Waals surface area contributed by atoms with Crippen LogP contribution in [0.4, 0.5) is 11.6 Å². The van der Waals surface area contributed by atoms with E-state index in [-0.39, 0.29) is 5.56 Å². The molecule has 0 saturated heterocycles. The van der Waals surface area contributed by atoms with Gasteiger partial charge in [-0.3, -0.25) is 4.79 Å². The second-order valence-electron chi connectivity index (χ2n) is 3.93. The first-order chi connectivity index (χ1) is 8.08. The Morgan fingerprint density at radius 3 is 2.53 bits per heavy atom. The number of rotatable bonds is 2. The number of aryl methyl sites for hydroxylation is 2. The Hall–Kier alpha value is -2.30. The first-order valence-electron chi connectivity index (χ1n) is 5.25. The molecule has 2 aromatic rings. The number of hydrogen-bond donors (Lipinski definition) is 2. The van der Waals surface area contributed by atoms with Gasteiger partial charge in [-0.1, -0.05) is 17.7 Å². The molecule has 0 spiro atoms. The summed E-state index contributed by atoms with van der Waals surface area (Å²) in [5.41, 5.74) is 2.26. The molecule has 1 aromatic heterocycles. The van der Waals surface area contributed by atoms with E-state index in [4.69, 9.17) is 5.84 Å². The quantitative estimate of drug-likeness (QED) is 0.763. The fourth-order valence-corrected chi connectivity index (χ4v) is 1.42. The van der Waals surface area contributed by atoms with E-state index in [2.05, 4.69) is 10.3 Å². The zero-order valence-corrected chi connectivity index (χ0v) is 9.77. The standard InChI is InChI=1S/C12H14N4O/c1-8-3-5-10(6-4-8)15-12-14-7-9(2)11(17)16(12)13/h3-7H,13H2,1-2H3,(H,14,15). The van der Waals surface area contributed by atoms with E-state index < -0.39 is 0 Å². The first kappa shape index (κ1) is 11.2. The van der Waals surface area contributed by atoms with Gasteiger partial charge < -0.3 is 11.2 Å². The van der Waals surface area contributed by atoms with Crippen LogP contribution in [0.1, 0.15) is 11.1 Å². The third kappa shape index (κ3) is 2.28. The Bertz CT molecular complexity index is 586. The first-order valence-corrected chi connectivity index (χ1v) is 5.25. The number of aromatic nitrogens is 2. The van der Waals surface area contributed by atoms with Crippen LogP contribution >= 0.6 is 0 Å². The molecule has 0 unspecified atom stereocenters. The predicted molar refractivity (Wildman–Crippen MR) is 67.8 cm³/mol. The lowest BCUT2D eigenvalue weighted by Crippen LogP contribution is -2.31. The van der Waals surface area contributed by atoms with E-state index in [9.17, 15) is 4.79 Å². The molecule has 1 aromatic carbocycles. The van der Waals surface area contributed by atoms with Crippen LogP contribution in [0.5, 0.6) is 0 Å². The van der Waals surface area contributed by atoms with Crippen LogP contribution in [0.25, 0.3) is 0 Å². The predicted octanol–water partition coefficient (Wildman–Crippen LogP) is 1.32. The zero-order valence-electron chi connectivity index (χ0n) is 9.77. The Kier molecular flexibility index (Phi) is 2.82. The summed E-state index contributed by atoms with van der Waals surface area (Å²) in [4.78, 5) is 15.7. The Balaban J connectivity index is 2.34. The number of nitrogens with zero attached hydrogens (tertiary/aromatic N) is 2. The van der Waals surface area contributed by atoms with Gasteiger partial charge in [0.2, 0.25) is 5.95 Å². The van der Waals surface area contributed by atoms with Gasteiger partial charge in [0.1, 0.15) is 0 Å². The number of nitrogen functional groups attached to an aromatic ring is 1. The normalized spacial score (nSPS) is 10.2. The van der Waals surface area contributed by atoms with E-state index in [1.165, 1.54) is 6.20 Å². The number of anilines is 2. The third-order valence-electron chi connectivity index (χ3n) is 2.47. The number of hydrogen-bond acceptors (Lipinski definition) is 4. The second kappa shape index (κ2) is 4.29. The molecule has 2 rings (SSSR count). The largest absolute Gasteiger partial charge is 0.333 e. The monoisotopic (exact) mass is 230 g/mol. The molecule has 0 fully saturated rings. The van der Waals surface area contributed by atoms with Crippen molar-refractivity contribution in [2.75, 3.05) is 11.2 Å². The van der Waals surface area contributed by atoms with Crippen molar-refractivity contribution in [1.29, 1.82) is 0 Å². The SMILES string of the molecule is Cc1ccc(Nc2ncc(C)c(=O)n2N)cc1. The number of nitrogens with two attached hydrogens (primary N) is 1. The molecule has 5 heteroatoms. The van der Waals surface area contributed by atoms with Crippen molar-refractivity contribution in [2.24, 2.45) is 0 Å². The molecular weight excluding hydrogens is 216 g/mol. The molecular formula is C12H14N4O. The van der Waals surface area contributed by atoms with Gasteiger partial charge in [0.25, 0.3) is 5.56 Å². The summed E-state index contributed by atoms with van der Waals surface area (Å²) in [6.45, 7) is 3.68. The van der Waals surface area contributed by atoms with Crippen molar-refractivity contribution in [3.63, 3.8) is 0 Å². The Labute approximate surface area is 98.9 Å². The fourth-order valence-electron chi connectivity index (χ4n) is 1.42. The van der Waals surface area contributed by atoms with Crippen LogP contribution in [0.15, 0.2) is 35.3 Å². The summed E-state index contributed by atoms with van der Waals surface area (Å²) >= 11 is 0. The Morgan fingerprint density at radius 2 is 1.88 bits per heavy atom. The van der Waals surface area contributed by atoms with Crippen molar-refractivity contribution >= 4 is 11.6 Å². The Morgan fingerprint density at radius 1 is 1.24 bits per heavy atom. The lowest BCUT2D eigenvalue weighted by Gasteiger charge is -2.09. The molecule has 0 radical (unpaired) electrons. The lowest BCUT2D eigenvalue weighted by atomic mass is 10.2. The van der Waals surface area contributed by atoms with Crippen molar-refractivity contribution in [3.8, 4) is 0 Å². The highest BCUT2D eigenvalue weighted by atomic mass is 16.1. The lowest BCUT2D eigenvalue weighted by molar-refractivity contribution is 0.886. The van der Waals surface area contributed by atoms with E-state index >= 15 is 0 Å². The molecule has 0 aliphatic heterocycles. The molecule has 3 N–H and O–H groups in total. The van der Waals surface area contributed by atoms with Gasteiger partial charge in [0.15, 0.2) is 0 Å². The van der Waals surface area contributed by atoms with Gasteiger partial charge in [-0.05, 0) is 26.0 Å². The molecule has 0 aliphatic rings. The van der Waals surface area contributed by atoms with E-state index in [0.717, 1.165) is 15.9 Å². The maximum Gasteiger partial charge on any atom is 0.276 e. The zero-order chi connectivity index (χ0) is 12.4. The maximum absolute atomic E-state index is 11.6. The summed E-state index contributed by atoms with van der Waals surface area (Å²) in [5.74, 6) is 5.96. The highest BCUT2D eigenvalue weighted by molar-refractivity contribution is 5.53. The van der Waals surface area contributed by atoms with Crippen molar-refractivity contribution < 1.29 is 0 Å². The van der Waals surface area contributed by atoms with Crippen LogP contribution in [0.3, 0.4) is 0 Å². The summed E-state index contributed by atoms with van der Waals surface area (Å²) in [6.07, 6.45) is 1.50. The summed E-state index contributed by atoms with van der Waals surface area (Å²) in [6, 6.07) is 7.74.